The predicted octanol–water partition coefficient (Wildman–Crippen LogP) is 3.32. The van der Waals surface area contributed by atoms with Gasteiger partial charge in [0.1, 0.15) is 11.6 Å². The number of ether oxygens (including phenoxy) is 1. The molecule has 1 aromatic heterocycles. The van der Waals surface area contributed by atoms with Crippen molar-refractivity contribution in [2.45, 2.75) is 6.92 Å². The number of hydrogen-bond donors (Lipinski definition) is 0. The van der Waals surface area contributed by atoms with Crippen LogP contribution in [0.5, 0.6) is 11.6 Å². The molecule has 15 heavy (non-hydrogen) atoms. The molecule has 2 nitrogen and oxygen atoms in total. The molecular weight excluding hydrogens is 193 g/mol. The zero-order valence-corrected chi connectivity index (χ0v) is 8.27. The summed E-state index contributed by atoms with van der Waals surface area (Å²) < 4.78 is 18.0. The van der Waals surface area contributed by atoms with E-state index in [-0.39, 0.29) is 5.82 Å². The molecule has 0 atom stereocenters. The molecular formula is C12H10FNO. The number of aryl methyl sites for hydroxylation is 1. The second kappa shape index (κ2) is 4.09. The number of halogens is 1. The van der Waals surface area contributed by atoms with Gasteiger partial charge in [-0.05, 0) is 25.1 Å². The highest BCUT2D eigenvalue weighted by Crippen LogP contribution is 2.19. The zero-order valence-electron chi connectivity index (χ0n) is 8.27. The Bertz CT molecular complexity index is 393. The van der Waals surface area contributed by atoms with Gasteiger partial charge in [-0.2, -0.15) is 0 Å². The molecule has 3 heteroatoms. The van der Waals surface area contributed by atoms with Crippen molar-refractivity contribution in [3.05, 3.63) is 54.0 Å². The largest absolute Gasteiger partial charge is 0.439 e. The molecule has 0 aliphatic heterocycles. The third-order valence-electron chi connectivity index (χ3n) is 1.94. The van der Waals surface area contributed by atoms with Gasteiger partial charge in [-0.3, -0.25) is 0 Å². The van der Waals surface area contributed by atoms with Gasteiger partial charge < -0.3 is 4.74 Å². The van der Waals surface area contributed by atoms with E-state index in [4.69, 9.17) is 4.74 Å². The molecule has 0 N–H and O–H groups in total. The first-order valence-corrected chi connectivity index (χ1v) is 4.60. The fourth-order valence-corrected chi connectivity index (χ4v) is 1.15. The molecule has 0 saturated carbocycles. The van der Waals surface area contributed by atoms with Crippen LogP contribution in [-0.2, 0) is 0 Å². The fraction of sp³-hybridized carbons (Fsp3) is 0.0833. The highest BCUT2D eigenvalue weighted by molar-refractivity contribution is 5.29. The maximum Gasteiger partial charge on any atom is 0.219 e. The van der Waals surface area contributed by atoms with E-state index in [1.807, 2.05) is 31.2 Å². The first kappa shape index (κ1) is 9.65. The summed E-state index contributed by atoms with van der Waals surface area (Å²) in [7, 11) is 0. The zero-order chi connectivity index (χ0) is 10.7. The van der Waals surface area contributed by atoms with Gasteiger partial charge in [-0.15, -0.1) is 0 Å². The number of hydrogen-bond acceptors (Lipinski definition) is 2. The summed E-state index contributed by atoms with van der Waals surface area (Å²) in [5, 5.41) is 0. The predicted molar refractivity (Wildman–Crippen MR) is 55.4 cm³/mol. The van der Waals surface area contributed by atoms with E-state index in [1.165, 1.54) is 12.1 Å². The lowest BCUT2D eigenvalue weighted by Crippen LogP contribution is -1.88. The van der Waals surface area contributed by atoms with E-state index in [0.717, 1.165) is 11.8 Å². The van der Waals surface area contributed by atoms with Crippen molar-refractivity contribution in [3.8, 4) is 11.6 Å². The topological polar surface area (TPSA) is 22.1 Å². The van der Waals surface area contributed by atoms with Gasteiger partial charge >= 0.3 is 0 Å². The van der Waals surface area contributed by atoms with Crippen LogP contribution in [0, 0.1) is 12.7 Å². The Kier molecular flexibility index (Phi) is 2.63. The van der Waals surface area contributed by atoms with E-state index >= 15 is 0 Å². The monoisotopic (exact) mass is 203 g/mol. The highest BCUT2D eigenvalue weighted by Gasteiger charge is 1.98. The van der Waals surface area contributed by atoms with Crippen LogP contribution in [0.3, 0.4) is 0 Å². The second-order valence-electron chi connectivity index (χ2n) is 3.23. The lowest BCUT2D eigenvalue weighted by molar-refractivity contribution is 0.459. The molecule has 0 aliphatic carbocycles. The molecule has 2 aromatic rings. The smallest absolute Gasteiger partial charge is 0.219 e. The lowest BCUT2D eigenvalue weighted by Gasteiger charge is -2.04. The highest BCUT2D eigenvalue weighted by atomic mass is 19.1. The molecule has 0 aliphatic rings. The maximum atomic E-state index is 12.6. The third-order valence-corrected chi connectivity index (χ3v) is 1.94. The van der Waals surface area contributed by atoms with Crippen molar-refractivity contribution in [3.63, 3.8) is 0 Å². The minimum atomic E-state index is -0.369. The van der Waals surface area contributed by atoms with Crippen LogP contribution in [0.2, 0.25) is 0 Å². The average Bonchev–Trinajstić information content (AvgIpc) is 2.25. The Morgan fingerprint density at radius 1 is 1.07 bits per heavy atom. The molecule has 1 heterocycles. The summed E-state index contributed by atoms with van der Waals surface area (Å²) >= 11 is 0. The van der Waals surface area contributed by atoms with Crippen molar-refractivity contribution >= 4 is 0 Å². The van der Waals surface area contributed by atoms with Crippen molar-refractivity contribution in [2.75, 3.05) is 0 Å². The van der Waals surface area contributed by atoms with E-state index in [0.29, 0.717) is 11.6 Å². The van der Waals surface area contributed by atoms with Gasteiger partial charge in [-0.25, -0.2) is 9.37 Å². The fourth-order valence-electron chi connectivity index (χ4n) is 1.15. The van der Waals surface area contributed by atoms with E-state index in [9.17, 15) is 4.39 Å². The Hall–Kier alpha value is -1.90. The molecule has 2 rings (SSSR count). The minimum absolute atomic E-state index is 0.369. The summed E-state index contributed by atoms with van der Waals surface area (Å²) in [6, 6.07) is 10.4. The molecule has 1 aromatic carbocycles. The van der Waals surface area contributed by atoms with Gasteiger partial charge in [0.25, 0.3) is 0 Å². The van der Waals surface area contributed by atoms with Gasteiger partial charge in [0.05, 0.1) is 6.20 Å². The SMILES string of the molecule is Cc1ccc(Oc2ccc(F)cn2)cc1. The Labute approximate surface area is 87.4 Å². The van der Waals surface area contributed by atoms with Crippen LogP contribution in [0.25, 0.3) is 0 Å². The summed E-state index contributed by atoms with van der Waals surface area (Å²) in [4.78, 5) is 3.80. The number of aromatic nitrogens is 1. The van der Waals surface area contributed by atoms with Gasteiger partial charge in [0.15, 0.2) is 0 Å². The normalized spacial score (nSPS) is 10.0. The van der Waals surface area contributed by atoms with Crippen LogP contribution >= 0.6 is 0 Å². The Morgan fingerprint density at radius 2 is 1.80 bits per heavy atom. The molecule has 0 fully saturated rings. The maximum absolute atomic E-state index is 12.6. The molecule has 0 unspecified atom stereocenters. The average molecular weight is 203 g/mol. The van der Waals surface area contributed by atoms with Gasteiger partial charge in [0, 0.05) is 6.07 Å². The lowest BCUT2D eigenvalue weighted by atomic mass is 10.2. The minimum Gasteiger partial charge on any atom is -0.439 e. The first-order valence-electron chi connectivity index (χ1n) is 4.60. The summed E-state index contributed by atoms with van der Waals surface area (Å²) in [6.45, 7) is 2.00. The Balaban J connectivity index is 2.15. The number of pyridine rings is 1. The molecule has 76 valence electrons. The number of benzene rings is 1. The second-order valence-corrected chi connectivity index (χ2v) is 3.23. The number of rotatable bonds is 2. The van der Waals surface area contributed by atoms with Crippen LogP contribution in [-0.4, -0.2) is 4.98 Å². The van der Waals surface area contributed by atoms with Crippen molar-refractivity contribution in [1.82, 2.24) is 4.98 Å². The van der Waals surface area contributed by atoms with E-state index in [2.05, 4.69) is 4.98 Å². The number of nitrogens with zero attached hydrogens (tertiary/aromatic N) is 1. The Morgan fingerprint density at radius 3 is 2.40 bits per heavy atom. The quantitative estimate of drug-likeness (QED) is 0.746. The van der Waals surface area contributed by atoms with Crippen molar-refractivity contribution in [2.24, 2.45) is 0 Å². The standard InChI is InChI=1S/C12H10FNO/c1-9-2-5-11(6-3-9)15-12-7-4-10(13)8-14-12/h2-8H,1H3. The van der Waals surface area contributed by atoms with E-state index in [1.54, 1.807) is 0 Å². The van der Waals surface area contributed by atoms with Crippen molar-refractivity contribution < 1.29 is 9.13 Å². The molecule has 0 saturated heterocycles. The van der Waals surface area contributed by atoms with Crippen LogP contribution in [0.15, 0.2) is 42.6 Å². The molecule has 0 spiro atoms. The van der Waals surface area contributed by atoms with Crippen LogP contribution in [0.4, 0.5) is 4.39 Å². The van der Waals surface area contributed by atoms with Crippen LogP contribution in [0.1, 0.15) is 5.56 Å². The summed E-state index contributed by atoms with van der Waals surface area (Å²) in [5.41, 5.74) is 1.16. The summed E-state index contributed by atoms with van der Waals surface area (Å²) in [5.74, 6) is 0.714. The molecule has 0 amide bonds. The van der Waals surface area contributed by atoms with Crippen LogP contribution < -0.4 is 4.74 Å². The molecule has 0 bridgehead atoms. The molecule has 0 radical (unpaired) electrons. The van der Waals surface area contributed by atoms with Gasteiger partial charge in [-0.1, -0.05) is 17.7 Å². The summed E-state index contributed by atoms with van der Waals surface area (Å²) in [6.07, 6.45) is 1.13. The van der Waals surface area contributed by atoms with Crippen molar-refractivity contribution in [1.29, 1.82) is 0 Å². The van der Waals surface area contributed by atoms with E-state index < -0.39 is 0 Å². The third kappa shape index (κ3) is 2.53. The first-order chi connectivity index (χ1) is 7.24. The van der Waals surface area contributed by atoms with Gasteiger partial charge in [0.2, 0.25) is 5.88 Å².